The first-order chi connectivity index (χ1) is 10.2. The van der Waals surface area contributed by atoms with Gasteiger partial charge in [-0.05, 0) is 37.1 Å². The molecule has 5 nitrogen and oxygen atoms in total. The fourth-order valence-corrected chi connectivity index (χ4v) is 2.75. The summed E-state index contributed by atoms with van der Waals surface area (Å²) >= 11 is 0. The zero-order valence-corrected chi connectivity index (χ0v) is 12.2. The Kier molecular flexibility index (Phi) is 5.73. The topological polar surface area (TPSA) is 82.2 Å². The van der Waals surface area contributed by atoms with E-state index in [-0.39, 0.29) is 11.8 Å². The molecule has 112 valence electrons. The van der Waals surface area contributed by atoms with Crippen LogP contribution in [0.25, 0.3) is 0 Å². The maximum Gasteiger partial charge on any atom is 0.224 e. The summed E-state index contributed by atoms with van der Waals surface area (Å²) in [5.74, 6) is 0.153. The first kappa shape index (κ1) is 15.5. The Hall–Kier alpha value is -1.90. The molecule has 1 aliphatic heterocycles. The van der Waals surface area contributed by atoms with Gasteiger partial charge < -0.3 is 11.1 Å². The van der Waals surface area contributed by atoms with Crippen molar-refractivity contribution in [2.45, 2.75) is 19.4 Å². The number of nitriles is 1. The van der Waals surface area contributed by atoms with Crippen molar-refractivity contribution in [2.75, 3.05) is 26.2 Å². The summed E-state index contributed by atoms with van der Waals surface area (Å²) in [5, 5.41) is 11.8. The maximum atomic E-state index is 12.0. The molecule has 1 amide bonds. The smallest absolute Gasteiger partial charge is 0.224 e. The molecule has 0 bridgehead atoms. The van der Waals surface area contributed by atoms with Crippen molar-refractivity contribution in [1.82, 2.24) is 10.2 Å². The van der Waals surface area contributed by atoms with Crippen molar-refractivity contribution < 1.29 is 4.79 Å². The summed E-state index contributed by atoms with van der Waals surface area (Å²) in [5.41, 5.74) is 7.22. The average molecular weight is 286 g/mol. The summed E-state index contributed by atoms with van der Waals surface area (Å²) in [7, 11) is 0. The second-order valence-electron chi connectivity index (χ2n) is 5.47. The quantitative estimate of drug-likeness (QED) is 0.840. The fourth-order valence-electron chi connectivity index (χ4n) is 2.75. The Labute approximate surface area is 125 Å². The molecular weight excluding hydrogens is 264 g/mol. The first-order valence-electron chi connectivity index (χ1n) is 7.42. The largest absolute Gasteiger partial charge is 0.355 e. The Morgan fingerprint density at radius 3 is 3.14 bits per heavy atom. The number of benzene rings is 1. The van der Waals surface area contributed by atoms with Crippen molar-refractivity contribution in [1.29, 1.82) is 5.26 Å². The van der Waals surface area contributed by atoms with Gasteiger partial charge in [-0.3, -0.25) is 9.69 Å². The van der Waals surface area contributed by atoms with Crippen LogP contribution in [0, 0.1) is 17.2 Å². The third-order valence-electron chi connectivity index (χ3n) is 3.78. The molecule has 1 unspecified atom stereocenters. The van der Waals surface area contributed by atoms with Crippen LogP contribution in [-0.4, -0.2) is 37.0 Å². The highest BCUT2D eigenvalue weighted by atomic mass is 16.1. The van der Waals surface area contributed by atoms with Crippen molar-refractivity contribution >= 4 is 5.91 Å². The molecule has 1 atom stereocenters. The number of carbonyl (C=O) groups excluding carboxylic acids is 1. The molecule has 1 aromatic rings. The van der Waals surface area contributed by atoms with Crippen LogP contribution in [0.4, 0.5) is 0 Å². The molecule has 5 heteroatoms. The highest BCUT2D eigenvalue weighted by Crippen LogP contribution is 2.19. The van der Waals surface area contributed by atoms with E-state index in [0.717, 1.165) is 38.0 Å². The minimum absolute atomic E-state index is 0.0458. The number of amides is 1. The molecule has 1 fully saturated rings. The predicted molar refractivity (Wildman–Crippen MR) is 81.2 cm³/mol. The number of likely N-dealkylation sites (tertiary alicyclic amines) is 1. The van der Waals surface area contributed by atoms with Crippen LogP contribution in [-0.2, 0) is 11.3 Å². The van der Waals surface area contributed by atoms with E-state index in [9.17, 15) is 4.79 Å². The fraction of sp³-hybridized carbons (Fsp3) is 0.500. The number of carbonyl (C=O) groups is 1. The molecule has 0 radical (unpaired) electrons. The van der Waals surface area contributed by atoms with Crippen LogP contribution in [0.15, 0.2) is 24.3 Å². The highest BCUT2D eigenvalue weighted by molar-refractivity contribution is 5.78. The molecular formula is C16H22N4O. The predicted octanol–water partition coefficient (Wildman–Crippen LogP) is 0.845. The number of nitrogens with one attached hydrogen (secondary N) is 1. The standard InChI is InChI=1S/C16H22N4O/c17-6-7-19-16(21)15-5-2-8-20(12-15)11-14-4-1-3-13(9-14)10-18/h1,3-4,9,15H,2,5-8,11-12,17H2,(H,19,21). The van der Waals surface area contributed by atoms with Crippen molar-refractivity contribution in [2.24, 2.45) is 11.7 Å². The Morgan fingerprint density at radius 1 is 1.52 bits per heavy atom. The Balaban J connectivity index is 1.91. The third kappa shape index (κ3) is 4.55. The van der Waals surface area contributed by atoms with Crippen molar-refractivity contribution in [3.63, 3.8) is 0 Å². The Bertz CT molecular complexity index is 523. The Morgan fingerprint density at radius 2 is 2.38 bits per heavy atom. The molecule has 0 spiro atoms. The summed E-state index contributed by atoms with van der Waals surface area (Å²) in [6.07, 6.45) is 1.96. The molecule has 0 aromatic heterocycles. The molecule has 3 N–H and O–H groups in total. The van der Waals surface area contributed by atoms with Crippen LogP contribution in [0.5, 0.6) is 0 Å². The zero-order chi connectivity index (χ0) is 15.1. The van der Waals surface area contributed by atoms with Crippen molar-refractivity contribution in [3.8, 4) is 6.07 Å². The number of hydrogen-bond donors (Lipinski definition) is 2. The van der Waals surface area contributed by atoms with Gasteiger partial charge in [0.25, 0.3) is 0 Å². The summed E-state index contributed by atoms with van der Waals surface area (Å²) < 4.78 is 0. The van der Waals surface area contributed by atoms with Crippen LogP contribution in [0.1, 0.15) is 24.0 Å². The summed E-state index contributed by atoms with van der Waals surface area (Å²) in [4.78, 5) is 14.3. The van der Waals surface area contributed by atoms with E-state index in [2.05, 4.69) is 16.3 Å². The molecule has 2 rings (SSSR count). The molecule has 1 aromatic carbocycles. The summed E-state index contributed by atoms with van der Waals surface area (Å²) in [6.45, 7) is 3.57. The summed E-state index contributed by atoms with van der Waals surface area (Å²) in [6, 6.07) is 9.82. The SMILES string of the molecule is N#Cc1cccc(CN2CCCC(C(=O)NCCN)C2)c1. The lowest BCUT2D eigenvalue weighted by Crippen LogP contribution is -2.43. The first-order valence-corrected chi connectivity index (χ1v) is 7.42. The lowest BCUT2D eigenvalue weighted by molar-refractivity contribution is -0.126. The number of rotatable bonds is 5. The van der Waals surface area contributed by atoms with E-state index in [4.69, 9.17) is 11.0 Å². The van der Waals surface area contributed by atoms with Gasteiger partial charge in [-0.2, -0.15) is 5.26 Å². The van der Waals surface area contributed by atoms with Crippen LogP contribution in [0.2, 0.25) is 0 Å². The van der Waals surface area contributed by atoms with Gasteiger partial charge in [-0.25, -0.2) is 0 Å². The highest BCUT2D eigenvalue weighted by Gasteiger charge is 2.25. The van der Waals surface area contributed by atoms with Gasteiger partial charge in [0, 0.05) is 26.2 Å². The molecule has 1 aliphatic rings. The lowest BCUT2D eigenvalue weighted by Gasteiger charge is -2.32. The van der Waals surface area contributed by atoms with Gasteiger partial charge in [0.05, 0.1) is 17.6 Å². The van der Waals surface area contributed by atoms with E-state index >= 15 is 0 Å². The van der Waals surface area contributed by atoms with E-state index in [0.29, 0.717) is 18.7 Å². The molecule has 1 heterocycles. The van der Waals surface area contributed by atoms with E-state index in [1.165, 1.54) is 0 Å². The maximum absolute atomic E-state index is 12.0. The van der Waals surface area contributed by atoms with E-state index in [1.54, 1.807) is 0 Å². The average Bonchev–Trinajstić information content (AvgIpc) is 2.53. The second-order valence-corrected chi connectivity index (χ2v) is 5.47. The lowest BCUT2D eigenvalue weighted by atomic mass is 9.96. The minimum Gasteiger partial charge on any atom is -0.355 e. The minimum atomic E-state index is 0.0458. The molecule has 0 saturated carbocycles. The van der Waals surface area contributed by atoms with Gasteiger partial charge in [0.15, 0.2) is 0 Å². The molecule has 21 heavy (non-hydrogen) atoms. The van der Waals surface area contributed by atoms with Gasteiger partial charge in [-0.1, -0.05) is 12.1 Å². The third-order valence-corrected chi connectivity index (χ3v) is 3.78. The normalized spacial score (nSPS) is 19.0. The van der Waals surface area contributed by atoms with Crippen LogP contribution < -0.4 is 11.1 Å². The van der Waals surface area contributed by atoms with Gasteiger partial charge in [0.1, 0.15) is 0 Å². The molecule has 0 aliphatic carbocycles. The number of hydrogen-bond acceptors (Lipinski definition) is 4. The van der Waals surface area contributed by atoms with E-state index in [1.807, 2.05) is 24.3 Å². The van der Waals surface area contributed by atoms with Gasteiger partial charge in [-0.15, -0.1) is 0 Å². The number of nitrogens with two attached hydrogens (primary N) is 1. The van der Waals surface area contributed by atoms with Crippen LogP contribution >= 0.6 is 0 Å². The van der Waals surface area contributed by atoms with Crippen molar-refractivity contribution in [3.05, 3.63) is 35.4 Å². The number of nitrogens with zero attached hydrogens (tertiary/aromatic N) is 2. The zero-order valence-electron chi connectivity index (χ0n) is 12.2. The monoisotopic (exact) mass is 286 g/mol. The van der Waals surface area contributed by atoms with Gasteiger partial charge >= 0.3 is 0 Å². The second kappa shape index (κ2) is 7.77. The molecule has 1 saturated heterocycles. The van der Waals surface area contributed by atoms with E-state index < -0.39 is 0 Å². The number of piperidine rings is 1. The van der Waals surface area contributed by atoms with Crippen LogP contribution in [0.3, 0.4) is 0 Å². The van der Waals surface area contributed by atoms with Gasteiger partial charge in [0.2, 0.25) is 5.91 Å².